The van der Waals surface area contributed by atoms with E-state index >= 15 is 0 Å². The summed E-state index contributed by atoms with van der Waals surface area (Å²) in [6, 6.07) is 10.4. The zero-order valence-electron chi connectivity index (χ0n) is 7.91. The van der Waals surface area contributed by atoms with Crippen LogP contribution in [-0.4, -0.2) is 11.0 Å². The van der Waals surface area contributed by atoms with Crippen LogP contribution in [0, 0.1) is 5.41 Å². The third kappa shape index (κ3) is 4.92. The standard InChI is InChI=1S/C11H13BrN2/c12-11(13)14-9-5-4-8-10-6-2-1-3-7-10/h1-3,6-7,9,13H,4-5,8H2. The van der Waals surface area contributed by atoms with E-state index in [1.54, 1.807) is 6.21 Å². The molecular formula is C11H13BrN2. The minimum atomic E-state index is 0.192. The largest absolute Gasteiger partial charge is 0.277 e. The van der Waals surface area contributed by atoms with E-state index in [2.05, 4.69) is 45.2 Å². The van der Waals surface area contributed by atoms with Crippen molar-refractivity contribution in [3.63, 3.8) is 0 Å². The second-order valence-corrected chi connectivity index (χ2v) is 3.73. The van der Waals surface area contributed by atoms with E-state index in [-0.39, 0.29) is 4.74 Å². The lowest BCUT2D eigenvalue weighted by atomic mass is 10.1. The highest BCUT2D eigenvalue weighted by Gasteiger charge is 1.90. The summed E-state index contributed by atoms with van der Waals surface area (Å²) in [6.45, 7) is 0. The molecule has 1 aromatic carbocycles. The molecule has 14 heavy (non-hydrogen) atoms. The predicted molar refractivity (Wildman–Crippen MR) is 64.5 cm³/mol. The average molecular weight is 253 g/mol. The van der Waals surface area contributed by atoms with Crippen molar-refractivity contribution in [3.8, 4) is 0 Å². The summed E-state index contributed by atoms with van der Waals surface area (Å²) in [5.74, 6) is 0. The van der Waals surface area contributed by atoms with Crippen molar-refractivity contribution in [2.45, 2.75) is 19.3 Å². The molecule has 0 radical (unpaired) electrons. The second-order valence-electron chi connectivity index (χ2n) is 2.98. The van der Waals surface area contributed by atoms with Gasteiger partial charge in [0.15, 0.2) is 4.74 Å². The molecule has 0 fully saturated rings. The van der Waals surface area contributed by atoms with Gasteiger partial charge in [-0.15, -0.1) is 0 Å². The van der Waals surface area contributed by atoms with Gasteiger partial charge < -0.3 is 0 Å². The van der Waals surface area contributed by atoms with Crippen LogP contribution >= 0.6 is 15.9 Å². The predicted octanol–water partition coefficient (Wildman–Crippen LogP) is 3.41. The molecule has 0 aliphatic rings. The molecule has 0 atom stereocenters. The Morgan fingerprint density at radius 1 is 1.36 bits per heavy atom. The van der Waals surface area contributed by atoms with Crippen LogP contribution in [0.15, 0.2) is 35.3 Å². The Bertz CT molecular complexity index is 306. The minimum absolute atomic E-state index is 0.192. The van der Waals surface area contributed by atoms with E-state index in [0.29, 0.717) is 0 Å². The molecule has 0 unspecified atom stereocenters. The summed E-state index contributed by atoms with van der Waals surface area (Å²) < 4.78 is 0.192. The number of aliphatic imine (C=N–C) groups is 1. The first-order chi connectivity index (χ1) is 6.79. The Morgan fingerprint density at radius 3 is 2.71 bits per heavy atom. The molecule has 1 rings (SSSR count). The number of aryl methyl sites for hydroxylation is 1. The van der Waals surface area contributed by atoms with E-state index in [1.807, 2.05) is 6.07 Å². The highest BCUT2D eigenvalue weighted by molar-refractivity contribution is 9.18. The van der Waals surface area contributed by atoms with Crippen molar-refractivity contribution in [3.05, 3.63) is 35.9 Å². The highest BCUT2D eigenvalue weighted by atomic mass is 79.9. The Kier molecular flexibility index (Phi) is 5.15. The zero-order valence-corrected chi connectivity index (χ0v) is 9.50. The second kappa shape index (κ2) is 6.49. The van der Waals surface area contributed by atoms with Crippen molar-refractivity contribution in [2.75, 3.05) is 0 Å². The Hall–Kier alpha value is -0.960. The minimum Gasteiger partial charge on any atom is -0.277 e. The van der Waals surface area contributed by atoms with Crippen LogP contribution in [0.1, 0.15) is 18.4 Å². The van der Waals surface area contributed by atoms with Crippen molar-refractivity contribution in [1.82, 2.24) is 0 Å². The lowest BCUT2D eigenvalue weighted by molar-refractivity contribution is 0.874. The van der Waals surface area contributed by atoms with Gasteiger partial charge in [0.2, 0.25) is 0 Å². The van der Waals surface area contributed by atoms with Crippen LogP contribution in [0.5, 0.6) is 0 Å². The smallest absolute Gasteiger partial charge is 0.188 e. The van der Waals surface area contributed by atoms with Gasteiger partial charge >= 0.3 is 0 Å². The van der Waals surface area contributed by atoms with E-state index in [0.717, 1.165) is 19.3 Å². The topological polar surface area (TPSA) is 36.2 Å². The molecule has 0 heterocycles. The Balaban J connectivity index is 2.19. The van der Waals surface area contributed by atoms with E-state index in [1.165, 1.54) is 5.56 Å². The lowest BCUT2D eigenvalue weighted by Gasteiger charge is -1.97. The Morgan fingerprint density at radius 2 is 2.07 bits per heavy atom. The zero-order chi connectivity index (χ0) is 10.2. The quantitative estimate of drug-likeness (QED) is 0.369. The van der Waals surface area contributed by atoms with Crippen molar-refractivity contribution in [1.29, 1.82) is 5.41 Å². The third-order valence-corrected chi connectivity index (χ3v) is 2.05. The van der Waals surface area contributed by atoms with Gasteiger partial charge in [0.25, 0.3) is 0 Å². The SMILES string of the molecule is N=C(Br)N=CCCCc1ccccc1. The van der Waals surface area contributed by atoms with Crippen LogP contribution < -0.4 is 0 Å². The Labute approximate surface area is 92.7 Å². The number of amidine groups is 1. The van der Waals surface area contributed by atoms with Crippen molar-refractivity contribution >= 4 is 26.9 Å². The van der Waals surface area contributed by atoms with Crippen LogP contribution in [-0.2, 0) is 6.42 Å². The summed E-state index contributed by atoms with van der Waals surface area (Å²) in [4.78, 5) is 3.83. The van der Waals surface area contributed by atoms with Gasteiger partial charge in [-0.05, 0) is 40.8 Å². The molecule has 3 heteroatoms. The molecule has 74 valence electrons. The molecular weight excluding hydrogens is 240 g/mol. The van der Waals surface area contributed by atoms with Crippen LogP contribution in [0.2, 0.25) is 0 Å². The first-order valence-corrected chi connectivity index (χ1v) is 5.39. The number of nitrogens with one attached hydrogen (secondary N) is 1. The maximum absolute atomic E-state index is 7.01. The van der Waals surface area contributed by atoms with Crippen molar-refractivity contribution < 1.29 is 0 Å². The van der Waals surface area contributed by atoms with Gasteiger partial charge in [0.05, 0.1) is 0 Å². The number of hydrogen-bond donors (Lipinski definition) is 1. The molecule has 0 aliphatic heterocycles. The molecule has 1 N–H and O–H groups in total. The third-order valence-electron chi connectivity index (χ3n) is 1.85. The normalized spacial score (nSPS) is 10.6. The molecule has 2 nitrogen and oxygen atoms in total. The number of rotatable bonds is 4. The summed E-state index contributed by atoms with van der Waals surface area (Å²) in [5.41, 5.74) is 1.36. The monoisotopic (exact) mass is 252 g/mol. The lowest BCUT2D eigenvalue weighted by Crippen LogP contribution is -1.86. The maximum atomic E-state index is 7.01. The van der Waals surface area contributed by atoms with Gasteiger partial charge in [-0.25, -0.2) is 4.99 Å². The summed E-state index contributed by atoms with van der Waals surface area (Å²) >= 11 is 2.96. The number of unbranched alkanes of at least 4 members (excludes halogenated alkanes) is 1. The van der Waals surface area contributed by atoms with Gasteiger partial charge in [0, 0.05) is 6.21 Å². The fourth-order valence-electron chi connectivity index (χ4n) is 1.19. The average Bonchev–Trinajstić information content (AvgIpc) is 2.18. The first kappa shape index (κ1) is 11.1. The van der Waals surface area contributed by atoms with Crippen LogP contribution in [0.25, 0.3) is 0 Å². The fraction of sp³-hybridized carbons (Fsp3) is 0.273. The summed E-state index contributed by atoms with van der Waals surface area (Å²) in [6.07, 6.45) is 4.85. The molecule has 1 aromatic rings. The van der Waals surface area contributed by atoms with Gasteiger partial charge in [0.1, 0.15) is 0 Å². The molecule has 0 amide bonds. The maximum Gasteiger partial charge on any atom is 0.188 e. The number of nitrogens with zero attached hydrogens (tertiary/aromatic N) is 1. The number of hydrogen-bond acceptors (Lipinski definition) is 1. The molecule has 0 aliphatic carbocycles. The number of benzene rings is 1. The molecule has 0 bridgehead atoms. The molecule has 0 aromatic heterocycles. The van der Waals surface area contributed by atoms with Gasteiger partial charge in [-0.3, -0.25) is 5.41 Å². The summed E-state index contributed by atoms with van der Waals surface area (Å²) in [7, 11) is 0. The first-order valence-electron chi connectivity index (χ1n) is 4.59. The molecule has 0 spiro atoms. The van der Waals surface area contributed by atoms with Crippen LogP contribution in [0.3, 0.4) is 0 Å². The summed E-state index contributed by atoms with van der Waals surface area (Å²) in [5, 5.41) is 7.01. The van der Waals surface area contributed by atoms with Gasteiger partial charge in [-0.2, -0.15) is 0 Å². The van der Waals surface area contributed by atoms with E-state index in [9.17, 15) is 0 Å². The van der Waals surface area contributed by atoms with Crippen LogP contribution in [0.4, 0.5) is 0 Å². The number of halogens is 1. The van der Waals surface area contributed by atoms with Crippen molar-refractivity contribution in [2.24, 2.45) is 4.99 Å². The highest BCUT2D eigenvalue weighted by Crippen LogP contribution is 2.03. The van der Waals surface area contributed by atoms with E-state index in [4.69, 9.17) is 5.41 Å². The van der Waals surface area contributed by atoms with E-state index < -0.39 is 0 Å². The molecule has 0 saturated heterocycles. The molecule has 0 saturated carbocycles. The van der Waals surface area contributed by atoms with Gasteiger partial charge in [-0.1, -0.05) is 30.3 Å². The fourth-order valence-corrected chi connectivity index (χ4v) is 1.33.